The summed E-state index contributed by atoms with van der Waals surface area (Å²) in [5, 5.41) is 68.9. The van der Waals surface area contributed by atoms with Crippen molar-refractivity contribution in [2.45, 2.75) is 262 Å². The SMILES string of the molecule is CCCCC/C=C\C/C=C\CCCCCCCCCC(=O)N[C@@H](CC)[C@H](O)[C@H](O)CCCCCCCCCCCCCCCC.OCC1O[C@H](O)C(O)[C@@H](O)[C@H]1O. The molecule has 1 saturated heterocycles. The molecule has 0 spiro atoms. The van der Waals surface area contributed by atoms with Gasteiger partial charge >= 0.3 is 0 Å². The minimum Gasteiger partial charge on any atom is -0.394 e. The van der Waals surface area contributed by atoms with E-state index in [0.29, 0.717) is 19.3 Å². The first-order valence-electron chi connectivity index (χ1n) is 23.6. The van der Waals surface area contributed by atoms with Gasteiger partial charge in [-0.05, 0) is 51.4 Å². The minimum absolute atomic E-state index is 0.00665. The van der Waals surface area contributed by atoms with Crippen LogP contribution in [-0.2, 0) is 9.53 Å². The van der Waals surface area contributed by atoms with E-state index in [4.69, 9.17) is 25.5 Å². The Bertz CT molecular complexity index is 930. The van der Waals surface area contributed by atoms with Gasteiger partial charge in [0, 0.05) is 6.42 Å². The van der Waals surface area contributed by atoms with Gasteiger partial charge in [-0.15, -0.1) is 0 Å². The first-order valence-corrected chi connectivity index (χ1v) is 23.6. The number of carbonyl (C=O) groups is 1. The maximum atomic E-state index is 12.5. The van der Waals surface area contributed by atoms with Crippen LogP contribution in [0.25, 0.3) is 0 Å². The fourth-order valence-corrected chi connectivity index (χ4v) is 7.23. The molecule has 0 aliphatic carbocycles. The molecule has 1 amide bonds. The highest BCUT2D eigenvalue weighted by molar-refractivity contribution is 5.76. The van der Waals surface area contributed by atoms with Crippen LogP contribution in [0.15, 0.2) is 24.3 Å². The number of hydrogen-bond donors (Lipinski definition) is 8. The fraction of sp³-hybridized carbons (Fsp3) is 0.894. The lowest BCUT2D eigenvalue weighted by atomic mass is 9.97. The third-order valence-electron chi connectivity index (χ3n) is 11.2. The molecule has 1 fully saturated rings. The fourth-order valence-electron chi connectivity index (χ4n) is 7.23. The Labute approximate surface area is 349 Å². The largest absolute Gasteiger partial charge is 0.394 e. The number of nitrogens with one attached hydrogen (secondary N) is 1. The third-order valence-corrected chi connectivity index (χ3v) is 11.2. The molecule has 0 aromatic rings. The molecule has 2 unspecified atom stereocenters. The Morgan fingerprint density at radius 3 is 1.51 bits per heavy atom. The van der Waals surface area contributed by atoms with Gasteiger partial charge in [-0.2, -0.15) is 0 Å². The first kappa shape index (κ1) is 55.6. The van der Waals surface area contributed by atoms with Crippen LogP contribution >= 0.6 is 0 Å². The van der Waals surface area contributed by atoms with Crippen LogP contribution in [-0.4, -0.2) is 97.2 Å². The van der Waals surface area contributed by atoms with E-state index in [1.165, 1.54) is 141 Å². The normalized spacial score (nSPS) is 21.4. The highest BCUT2D eigenvalue weighted by Gasteiger charge is 2.42. The van der Waals surface area contributed by atoms with Gasteiger partial charge in [-0.1, -0.05) is 180 Å². The standard InChI is InChI=1S/C41H79NO3.C6H12O6/c1-4-7-9-11-13-15-17-19-21-22-23-25-27-29-31-33-35-37-40(44)42-38(6-3)41(45)39(43)36-34-32-30-28-26-24-20-18-16-14-12-10-8-5-2;7-1-2-3(8)4(9)5(10)6(11)12-2/h13,15,19,21,38-39,41,43,45H,4-12,14,16-18,20,22-37H2,1-3H3,(H,42,44);2-11H,1H2/b15-13-,21-19-;/t38-,39+,41-;2?,3-,4-,5?,6-/m00/s1. The Balaban J connectivity index is 0.00000220. The van der Waals surface area contributed by atoms with Crippen LogP contribution in [0.2, 0.25) is 0 Å². The number of aliphatic hydroxyl groups excluding tert-OH is 7. The second-order valence-corrected chi connectivity index (χ2v) is 16.4. The molecule has 0 bridgehead atoms. The third kappa shape index (κ3) is 31.2. The number of rotatable bonds is 36. The van der Waals surface area contributed by atoms with E-state index in [1.54, 1.807) is 0 Å². The molecule has 1 heterocycles. The molecule has 0 aromatic heterocycles. The van der Waals surface area contributed by atoms with E-state index < -0.39 is 49.5 Å². The number of unbranched alkanes of at least 4 members (excludes halogenated alkanes) is 23. The maximum absolute atomic E-state index is 12.5. The predicted molar refractivity (Wildman–Crippen MR) is 234 cm³/mol. The maximum Gasteiger partial charge on any atom is 0.220 e. The van der Waals surface area contributed by atoms with Crippen LogP contribution in [0, 0.1) is 0 Å². The summed E-state index contributed by atoms with van der Waals surface area (Å²) in [6.45, 7) is 5.97. The quantitative estimate of drug-likeness (QED) is 0.0227. The lowest BCUT2D eigenvalue weighted by Gasteiger charge is -2.37. The molecule has 1 aliphatic rings. The highest BCUT2D eigenvalue weighted by atomic mass is 16.6. The average Bonchev–Trinajstić information content (AvgIpc) is 3.21. The van der Waals surface area contributed by atoms with E-state index >= 15 is 0 Å². The van der Waals surface area contributed by atoms with E-state index in [1.807, 2.05) is 6.92 Å². The smallest absolute Gasteiger partial charge is 0.220 e. The van der Waals surface area contributed by atoms with Gasteiger partial charge in [0.1, 0.15) is 24.4 Å². The topological polar surface area (TPSA) is 180 Å². The number of hydrogen-bond acceptors (Lipinski definition) is 9. The van der Waals surface area contributed by atoms with E-state index in [9.17, 15) is 15.0 Å². The van der Waals surface area contributed by atoms with Gasteiger partial charge in [0.25, 0.3) is 0 Å². The number of ether oxygens (including phenoxy) is 1. The molecular formula is C47H91NO9. The Morgan fingerprint density at radius 2 is 1.02 bits per heavy atom. The van der Waals surface area contributed by atoms with Gasteiger partial charge in [-0.3, -0.25) is 4.79 Å². The molecule has 57 heavy (non-hydrogen) atoms. The van der Waals surface area contributed by atoms with Crippen molar-refractivity contribution in [2.24, 2.45) is 0 Å². The summed E-state index contributed by atoms with van der Waals surface area (Å²) in [6.07, 6.45) is 36.3. The van der Waals surface area contributed by atoms with Gasteiger partial charge in [0.2, 0.25) is 5.91 Å². The summed E-state index contributed by atoms with van der Waals surface area (Å²) < 4.78 is 4.58. The summed E-state index contributed by atoms with van der Waals surface area (Å²) in [7, 11) is 0. The van der Waals surface area contributed by atoms with Crippen molar-refractivity contribution in [2.75, 3.05) is 6.61 Å². The molecule has 0 radical (unpaired) electrons. The zero-order valence-corrected chi connectivity index (χ0v) is 36.8. The number of amides is 1. The second kappa shape index (κ2) is 40.1. The first-order chi connectivity index (χ1) is 27.6. The van der Waals surface area contributed by atoms with Crippen LogP contribution < -0.4 is 5.32 Å². The van der Waals surface area contributed by atoms with E-state index in [2.05, 4.69) is 48.2 Å². The minimum atomic E-state index is -1.57. The monoisotopic (exact) mass is 814 g/mol. The molecule has 8 N–H and O–H groups in total. The van der Waals surface area contributed by atoms with Crippen molar-refractivity contribution in [1.82, 2.24) is 5.32 Å². The highest BCUT2D eigenvalue weighted by Crippen LogP contribution is 2.20. The summed E-state index contributed by atoms with van der Waals surface area (Å²) in [5.41, 5.74) is 0. The van der Waals surface area contributed by atoms with Crippen LogP contribution in [0.5, 0.6) is 0 Å². The van der Waals surface area contributed by atoms with Crippen LogP contribution in [0.1, 0.15) is 213 Å². The lowest BCUT2D eigenvalue weighted by molar-refractivity contribution is -0.286. The number of carbonyl (C=O) groups excluding carboxylic acids is 1. The molecule has 1 aliphatic heterocycles. The zero-order chi connectivity index (χ0) is 42.4. The average molecular weight is 814 g/mol. The summed E-state index contributed by atoms with van der Waals surface area (Å²) >= 11 is 0. The van der Waals surface area contributed by atoms with Gasteiger partial charge in [0.05, 0.1) is 24.9 Å². The molecule has 8 atom stereocenters. The molecule has 338 valence electrons. The Hall–Kier alpha value is -1.37. The van der Waals surface area contributed by atoms with Crippen molar-refractivity contribution in [1.29, 1.82) is 0 Å². The van der Waals surface area contributed by atoms with Gasteiger partial charge in [-0.25, -0.2) is 0 Å². The molecule has 10 nitrogen and oxygen atoms in total. The Kier molecular flexibility index (Phi) is 39.1. The predicted octanol–water partition coefficient (Wildman–Crippen LogP) is 8.85. The Morgan fingerprint density at radius 1 is 0.579 bits per heavy atom. The second-order valence-electron chi connectivity index (χ2n) is 16.4. The van der Waals surface area contributed by atoms with E-state index in [-0.39, 0.29) is 11.9 Å². The van der Waals surface area contributed by atoms with Crippen molar-refractivity contribution in [3.8, 4) is 0 Å². The summed E-state index contributed by atoms with van der Waals surface area (Å²) in [6, 6.07) is -0.366. The zero-order valence-electron chi connectivity index (χ0n) is 36.8. The molecular weight excluding hydrogens is 723 g/mol. The summed E-state index contributed by atoms with van der Waals surface area (Å²) in [4.78, 5) is 12.5. The molecule has 1 rings (SSSR count). The van der Waals surface area contributed by atoms with Crippen molar-refractivity contribution in [3.05, 3.63) is 24.3 Å². The molecule has 10 heteroatoms. The summed E-state index contributed by atoms with van der Waals surface area (Å²) in [5.74, 6) is 0.00665. The van der Waals surface area contributed by atoms with Crippen LogP contribution in [0.3, 0.4) is 0 Å². The molecule has 0 saturated carbocycles. The number of allylic oxidation sites excluding steroid dienone is 4. The van der Waals surface area contributed by atoms with Gasteiger partial charge in [0.15, 0.2) is 6.29 Å². The van der Waals surface area contributed by atoms with Crippen molar-refractivity contribution >= 4 is 5.91 Å². The number of aliphatic hydroxyl groups is 7. The van der Waals surface area contributed by atoms with Gasteiger partial charge < -0.3 is 45.8 Å². The van der Waals surface area contributed by atoms with E-state index in [0.717, 1.165) is 32.1 Å². The lowest BCUT2D eigenvalue weighted by Crippen LogP contribution is -2.58. The van der Waals surface area contributed by atoms with Crippen LogP contribution in [0.4, 0.5) is 0 Å². The molecule has 0 aromatic carbocycles. The van der Waals surface area contributed by atoms with Crippen molar-refractivity contribution < 1.29 is 45.3 Å². The van der Waals surface area contributed by atoms with Crippen molar-refractivity contribution in [3.63, 3.8) is 0 Å².